The van der Waals surface area contributed by atoms with Crippen LogP contribution in [0.15, 0.2) is 61.2 Å². The average molecular weight is 328 g/mol. The molecule has 0 aliphatic heterocycles. The molecule has 0 saturated heterocycles. The lowest BCUT2D eigenvalue weighted by Crippen LogP contribution is -2.11. The van der Waals surface area contributed by atoms with Crippen LogP contribution in [0.25, 0.3) is 5.69 Å². The van der Waals surface area contributed by atoms with Gasteiger partial charge in [-0.3, -0.25) is 4.79 Å². The molecule has 0 atom stereocenters. The molecule has 1 amide bonds. The summed E-state index contributed by atoms with van der Waals surface area (Å²) in [6.07, 6.45) is 5.25. The number of hydrogen-bond acceptors (Lipinski definition) is 3. The van der Waals surface area contributed by atoms with Crippen molar-refractivity contribution in [1.29, 1.82) is 0 Å². The van der Waals surface area contributed by atoms with E-state index >= 15 is 0 Å². The van der Waals surface area contributed by atoms with Crippen molar-refractivity contribution in [2.75, 3.05) is 12.4 Å². The van der Waals surface area contributed by atoms with E-state index in [1.54, 1.807) is 50.0 Å². The first-order chi connectivity index (χ1) is 11.2. The fraction of sp³-hybridized carbons (Fsp3) is 0.0588. The maximum Gasteiger partial charge on any atom is 0.255 e. The number of amides is 1. The van der Waals surface area contributed by atoms with Crippen molar-refractivity contribution in [3.63, 3.8) is 0 Å². The first-order valence-electron chi connectivity index (χ1n) is 6.90. The van der Waals surface area contributed by atoms with E-state index in [4.69, 9.17) is 16.3 Å². The van der Waals surface area contributed by atoms with Crippen molar-refractivity contribution in [2.24, 2.45) is 0 Å². The van der Waals surface area contributed by atoms with Crippen LogP contribution in [0.2, 0.25) is 5.02 Å². The molecule has 6 heteroatoms. The lowest BCUT2D eigenvalue weighted by Gasteiger charge is -2.09. The summed E-state index contributed by atoms with van der Waals surface area (Å²) in [5, 5.41) is 3.25. The molecule has 0 aliphatic rings. The molecule has 3 rings (SSSR count). The summed E-state index contributed by atoms with van der Waals surface area (Å²) in [5.41, 5.74) is 2.10. The minimum atomic E-state index is -0.205. The Balaban J connectivity index is 1.74. The van der Waals surface area contributed by atoms with Gasteiger partial charge in [0.15, 0.2) is 0 Å². The summed E-state index contributed by atoms with van der Waals surface area (Å²) >= 11 is 6.05. The number of carbonyl (C=O) groups excluding carboxylic acids is 1. The van der Waals surface area contributed by atoms with Gasteiger partial charge in [-0.05, 0) is 42.5 Å². The van der Waals surface area contributed by atoms with Crippen LogP contribution in [-0.2, 0) is 0 Å². The van der Waals surface area contributed by atoms with Crippen LogP contribution >= 0.6 is 11.6 Å². The molecule has 0 aliphatic carbocycles. The van der Waals surface area contributed by atoms with Gasteiger partial charge in [0, 0.05) is 29.3 Å². The Bertz CT molecular complexity index is 814. The molecule has 2 aromatic carbocycles. The number of methoxy groups -OCH3 is 1. The third kappa shape index (κ3) is 3.35. The summed E-state index contributed by atoms with van der Waals surface area (Å²) in [5.74, 6) is 0.359. The highest BCUT2D eigenvalue weighted by Crippen LogP contribution is 2.27. The Hall–Kier alpha value is -2.79. The van der Waals surface area contributed by atoms with E-state index in [0.717, 1.165) is 5.69 Å². The van der Waals surface area contributed by atoms with Crippen LogP contribution < -0.4 is 10.1 Å². The minimum Gasteiger partial charge on any atom is -0.495 e. The largest absolute Gasteiger partial charge is 0.495 e. The molecule has 5 nitrogen and oxygen atoms in total. The fourth-order valence-corrected chi connectivity index (χ4v) is 2.40. The molecule has 0 bridgehead atoms. The van der Waals surface area contributed by atoms with Gasteiger partial charge >= 0.3 is 0 Å². The van der Waals surface area contributed by atoms with Crippen molar-refractivity contribution >= 4 is 23.2 Å². The van der Waals surface area contributed by atoms with Gasteiger partial charge in [0.1, 0.15) is 5.75 Å². The second-order valence-electron chi connectivity index (χ2n) is 4.82. The molecule has 0 spiro atoms. The number of carbonyl (C=O) groups is 1. The molecule has 1 aromatic heterocycles. The molecule has 23 heavy (non-hydrogen) atoms. The van der Waals surface area contributed by atoms with Gasteiger partial charge < -0.3 is 14.6 Å². The molecular weight excluding hydrogens is 314 g/mol. The van der Waals surface area contributed by atoms with Gasteiger partial charge in [0.2, 0.25) is 0 Å². The zero-order valence-electron chi connectivity index (χ0n) is 12.4. The fourth-order valence-electron chi connectivity index (χ4n) is 2.14. The van der Waals surface area contributed by atoms with Gasteiger partial charge in [-0.1, -0.05) is 11.6 Å². The number of benzene rings is 2. The number of rotatable bonds is 4. The van der Waals surface area contributed by atoms with E-state index in [-0.39, 0.29) is 5.91 Å². The normalized spacial score (nSPS) is 10.3. The molecule has 3 aromatic rings. The van der Waals surface area contributed by atoms with Crippen LogP contribution in [0.4, 0.5) is 5.69 Å². The lowest BCUT2D eigenvalue weighted by molar-refractivity contribution is 0.102. The third-order valence-corrected chi connectivity index (χ3v) is 3.64. The van der Waals surface area contributed by atoms with Crippen molar-refractivity contribution in [2.45, 2.75) is 0 Å². The number of nitrogens with one attached hydrogen (secondary N) is 1. The van der Waals surface area contributed by atoms with Crippen molar-refractivity contribution < 1.29 is 9.53 Å². The van der Waals surface area contributed by atoms with Gasteiger partial charge in [0.25, 0.3) is 5.91 Å². The quantitative estimate of drug-likeness (QED) is 0.793. The van der Waals surface area contributed by atoms with Crippen LogP contribution in [0.5, 0.6) is 5.75 Å². The molecule has 0 saturated carbocycles. The topological polar surface area (TPSA) is 56.1 Å². The SMILES string of the molecule is COc1ccc(NC(=O)c2ccc(-n3ccnc3)cc2)cc1Cl. The van der Waals surface area contributed by atoms with Gasteiger partial charge in [-0.2, -0.15) is 0 Å². The highest BCUT2D eigenvalue weighted by atomic mass is 35.5. The van der Waals surface area contributed by atoms with Crippen LogP contribution in [0.3, 0.4) is 0 Å². The predicted octanol–water partition coefficient (Wildman–Crippen LogP) is 3.79. The molecule has 0 unspecified atom stereocenters. The second kappa shape index (κ2) is 6.54. The second-order valence-corrected chi connectivity index (χ2v) is 5.23. The number of aromatic nitrogens is 2. The van der Waals surface area contributed by atoms with Crippen molar-refractivity contribution in [3.8, 4) is 11.4 Å². The van der Waals surface area contributed by atoms with Gasteiger partial charge in [-0.25, -0.2) is 4.98 Å². The van der Waals surface area contributed by atoms with Crippen molar-refractivity contribution in [1.82, 2.24) is 9.55 Å². The molecule has 116 valence electrons. The van der Waals surface area contributed by atoms with E-state index in [0.29, 0.717) is 22.0 Å². The Morgan fingerprint density at radius 3 is 2.61 bits per heavy atom. The van der Waals surface area contributed by atoms with E-state index < -0.39 is 0 Å². The summed E-state index contributed by atoms with van der Waals surface area (Å²) in [4.78, 5) is 16.3. The standard InChI is InChI=1S/C17H14ClN3O2/c1-23-16-7-4-13(10-15(16)18)20-17(22)12-2-5-14(6-3-12)21-9-8-19-11-21/h2-11H,1H3,(H,20,22). The highest BCUT2D eigenvalue weighted by molar-refractivity contribution is 6.32. The van der Waals surface area contributed by atoms with E-state index in [1.165, 1.54) is 0 Å². The van der Waals surface area contributed by atoms with E-state index in [9.17, 15) is 4.79 Å². The number of imidazole rings is 1. The number of hydrogen-bond donors (Lipinski definition) is 1. The van der Waals surface area contributed by atoms with E-state index in [1.807, 2.05) is 22.9 Å². The number of halogens is 1. The zero-order chi connectivity index (χ0) is 16.2. The van der Waals surface area contributed by atoms with Crippen LogP contribution in [0.1, 0.15) is 10.4 Å². The predicted molar refractivity (Wildman–Crippen MR) is 89.5 cm³/mol. The molecule has 0 fully saturated rings. The smallest absolute Gasteiger partial charge is 0.255 e. The Kier molecular flexibility index (Phi) is 4.30. The van der Waals surface area contributed by atoms with Crippen LogP contribution in [0, 0.1) is 0 Å². The summed E-state index contributed by atoms with van der Waals surface area (Å²) in [7, 11) is 1.54. The first kappa shape index (κ1) is 15.1. The maximum atomic E-state index is 12.3. The first-order valence-corrected chi connectivity index (χ1v) is 7.28. The molecule has 1 heterocycles. The lowest BCUT2D eigenvalue weighted by atomic mass is 10.2. The Morgan fingerprint density at radius 2 is 2.00 bits per heavy atom. The molecular formula is C17H14ClN3O2. The summed E-state index contributed by atoms with van der Waals surface area (Å²) in [6, 6.07) is 12.3. The van der Waals surface area contributed by atoms with Crippen LogP contribution in [-0.4, -0.2) is 22.6 Å². The van der Waals surface area contributed by atoms with Gasteiger partial charge in [0.05, 0.1) is 18.5 Å². The number of anilines is 1. The summed E-state index contributed by atoms with van der Waals surface area (Å²) in [6.45, 7) is 0. The average Bonchev–Trinajstić information content (AvgIpc) is 3.09. The van der Waals surface area contributed by atoms with Gasteiger partial charge in [-0.15, -0.1) is 0 Å². The Labute approximate surface area is 138 Å². The minimum absolute atomic E-state index is 0.205. The number of nitrogens with zero attached hydrogens (tertiary/aromatic N) is 2. The van der Waals surface area contributed by atoms with Crippen molar-refractivity contribution in [3.05, 3.63) is 71.8 Å². The zero-order valence-corrected chi connectivity index (χ0v) is 13.1. The Morgan fingerprint density at radius 1 is 1.22 bits per heavy atom. The summed E-state index contributed by atoms with van der Waals surface area (Å²) < 4.78 is 6.95. The maximum absolute atomic E-state index is 12.3. The highest BCUT2D eigenvalue weighted by Gasteiger charge is 2.08. The van der Waals surface area contributed by atoms with E-state index in [2.05, 4.69) is 10.3 Å². The molecule has 0 radical (unpaired) electrons. The number of ether oxygens (including phenoxy) is 1. The third-order valence-electron chi connectivity index (χ3n) is 3.34. The molecule has 1 N–H and O–H groups in total. The monoisotopic (exact) mass is 327 g/mol.